The molecule has 0 atom stereocenters. The van der Waals surface area contributed by atoms with E-state index >= 15 is 0 Å². The lowest BCUT2D eigenvalue weighted by atomic mass is 10.0. The zero-order chi connectivity index (χ0) is 12.9. The van der Waals surface area contributed by atoms with Crippen molar-refractivity contribution < 1.29 is 9.18 Å². The van der Waals surface area contributed by atoms with Gasteiger partial charge in [-0.3, -0.25) is 9.78 Å². The number of aromatic nitrogens is 1. The Morgan fingerprint density at radius 3 is 2.59 bits per heavy atom. The van der Waals surface area contributed by atoms with Crippen molar-refractivity contribution in [3.8, 4) is 0 Å². The number of halogens is 3. The molecule has 0 spiro atoms. The molecule has 3 nitrogen and oxygen atoms in total. The number of alkyl halides is 2. The quantitative estimate of drug-likeness (QED) is 0.842. The third-order valence-corrected chi connectivity index (χ3v) is 3.56. The van der Waals surface area contributed by atoms with E-state index in [1.807, 2.05) is 6.92 Å². The Bertz CT molecular complexity index is 389. The number of nitrogens with zero attached hydrogens (tertiary/aromatic N) is 1. The molecule has 0 aromatic carbocycles. The third kappa shape index (κ3) is 3.54. The van der Waals surface area contributed by atoms with Crippen molar-refractivity contribution in [2.24, 2.45) is 0 Å². The number of hydrogen-bond acceptors (Lipinski definition) is 2. The zero-order valence-electron chi connectivity index (χ0n) is 9.34. The molecular formula is C11H13Cl2FN2O. The Balaban J connectivity index is 2.84. The number of carbonyl (C=O) groups excluding carboxylic acids is 1. The van der Waals surface area contributed by atoms with E-state index in [4.69, 9.17) is 23.2 Å². The van der Waals surface area contributed by atoms with Crippen LogP contribution in [-0.2, 0) is 0 Å². The van der Waals surface area contributed by atoms with Crippen LogP contribution in [-0.4, -0.2) is 28.2 Å². The van der Waals surface area contributed by atoms with Crippen LogP contribution in [0.5, 0.6) is 0 Å². The molecule has 0 unspecified atom stereocenters. The van der Waals surface area contributed by atoms with Crippen LogP contribution in [0.1, 0.15) is 23.7 Å². The molecule has 0 bridgehead atoms. The zero-order valence-corrected chi connectivity index (χ0v) is 10.9. The molecule has 1 aromatic rings. The Hall–Kier alpha value is -0.870. The fourth-order valence-corrected chi connectivity index (χ4v) is 2.03. The van der Waals surface area contributed by atoms with E-state index in [0.717, 1.165) is 12.3 Å². The summed E-state index contributed by atoms with van der Waals surface area (Å²) in [6.45, 7) is 1.87. The summed E-state index contributed by atoms with van der Waals surface area (Å²) in [7, 11) is 0. The number of carbonyl (C=O) groups is 1. The van der Waals surface area contributed by atoms with Crippen molar-refractivity contribution in [3.63, 3.8) is 0 Å². The number of amides is 1. The van der Waals surface area contributed by atoms with Gasteiger partial charge in [-0.2, -0.15) is 0 Å². The van der Waals surface area contributed by atoms with Crippen LogP contribution in [0, 0.1) is 5.82 Å². The average Bonchev–Trinajstić information content (AvgIpc) is 2.36. The van der Waals surface area contributed by atoms with E-state index in [1.165, 1.54) is 6.20 Å². The maximum atomic E-state index is 12.9. The van der Waals surface area contributed by atoms with Gasteiger partial charge in [0.15, 0.2) is 0 Å². The largest absolute Gasteiger partial charge is 0.344 e. The topological polar surface area (TPSA) is 42.0 Å². The molecule has 0 aliphatic rings. The summed E-state index contributed by atoms with van der Waals surface area (Å²) in [5, 5.41) is 2.71. The molecule has 1 N–H and O–H groups in total. The predicted molar refractivity (Wildman–Crippen MR) is 66.1 cm³/mol. The van der Waals surface area contributed by atoms with Gasteiger partial charge in [0.2, 0.25) is 0 Å². The number of pyridine rings is 1. The van der Waals surface area contributed by atoms with Gasteiger partial charge >= 0.3 is 0 Å². The highest BCUT2D eigenvalue weighted by Gasteiger charge is 2.28. The van der Waals surface area contributed by atoms with Gasteiger partial charge in [0.05, 0.1) is 17.3 Å². The highest BCUT2D eigenvalue weighted by molar-refractivity contribution is 6.22. The summed E-state index contributed by atoms with van der Waals surface area (Å²) >= 11 is 11.6. The second-order valence-electron chi connectivity index (χ2n) is 3.75. The van der Waals surface area contributed by atoms with Crippen LogP contribution in [0.2, 0.25) is 0 Å². The van der Waals surface area contributed by atoms with Crippen molar-refractivity contribution >= 4 is 29.1 Å². The van der Waals surface area contributed by atoms with Gasteiger partial charge in [0.1, 0.15) is 5.82 Å². The van der Waals surface area contributed by atoms with Crippen LogP contribution in [0.15, 0.2) is 18.5 Å². The van der Waals surface area contributed by atoms with E-state index in [9.17, 15) is 9.18 Å². The van der Waals surface area contributed by atoms with Crippen molar-refractivity contribution in [2.45, 2.75) is 18.9 Å². The van der Waals surface area contributed by atoms with Crippen molar-refractivity contribution in [2.75, 3.05) is 11.8 Å². The van der Waals surface area contributed by atoms with Crippen molar-refractivity contribution in [1.82, 2.24) is 10.3 Å². The molecule has 0 saturated carbocycles. The summed E-state index contributed by atoms with van der Waals surface area (Å²) in [5.41, 5.74) is -0.523. The SMILES string of the molecule is CCC(CCl)(CCl)NC(=O)c1cncc(F)c1. The van der Waals surface area contributed by atoms with Crippen LogP contribution >= 0.6 is 23.2 Å². The van der Waals surface area contributed by atoms with E-state index in [-0.39, 0.29) is 17.3 Å². The molecule has 0 radical (unpaired) electrons. The minimum Gasteiger partial charge on any atom is -0.344 e. The minimum absolute atomic E-state index is 0.151. The Morgan fingerprint density at radius 1 is 1.47 bits per heavy atom. The molecule has 1 heterocycles. The highest BCUT2D eigenvalue weighted by atomic mass is 35.5. The number of rotatable bonds is 5. The normalized spacial score (nSPS) is 11.3. The van der Waals surface area contributed by atoms with Gasteiger partial charge < -0.3 is 5.32 Å². The second kappa shape index (κ2) is 6.17. The maximum Gasteiger partial charge on any atom is 0.253 e. The lowest BCUT2D eigenvalue weighted by Crippen LogP contribution is -2.51. The van der Waals surface area contributed by atoms with Crippen LogP contribution < -0.4 is 5.32 Å². The first kappa shape index (κ1) is 14.2. The molecule has 0 aliphatic heterocycles. The van der Waals surface area contributed by atoms with Gasteiger partial charge in [-0.25, -0.2) is 4.39 Å². The fourth-order valence-electron chi connectivity index (χ4n) is 1.23. The second-order valence-corrected chi connectivity index (χ2v) is 4.28. The standard InChI is InChI=1S/C11H13Cl2FN2O/c1-2-11(6-12,7-13)16-10(17)8-3-9(14)5-15-4-8/h3-5H,2,6-7H2,1H3,(H,16,17). The van der Waals surface area contributed by atoms with E-state index in [0.29, 0.717) is 6.42 Å². The maximum absolute atomic E-state index is 12.9. The van der Waals surface area contributed by atoms with E-state index in [1.54, 1.807) is 0 Å². The van der Waals surface area contributed by atoms with Gasteiger partial charge in [-0.05, 0) is 12.5 Å². The lowest BCUT2D eigenvalue weighted by molar-refractivity contribution is 0.0912. The van der Waals surface area contributed by atoms with Crippen LogP contribution in [0.3, 0.4) is 0 Å². The summed E-state index contributed by atoms with van der Waals surface area (Å²) in [6.07, 6.45) is 2.92. The molecule has 1 amide bonds. The molecule has 0 aliphatic carbocycles. The van der Waals surface area contributed by atoms with Gasteiger partial charge in [0.25, 0.3) is 5.91 Å². The summed E-state index contributed by atoms with van der Waals surface area (Å²) in [6, 6.07) is 1.12. The molecule has 6 heteroatoms. The fraction of sp³-hybridized carbons (Fsp3) is 0.455. The summed E-state index contributed by atoms with van der Waals surface area (Å²) in [5.74, 6) is -0.597. The minimum atomic E-state index is -0.674. The van der Waals surface area contributed by atoms with Gasteiger partial charge in [0, 0.05) is 18.0 Å². The first-order valence-corrected chi connectivity index (χ1v) is 6.19. The Morgan fingerprint density at radius 2 is 2.12 bits per heavy atom. The smallest absolute Gasteiger partial charge is 0.253 e. The van der Waals surface area contributed by atoms with Gasteiger partial charge in [-0.1, -0.05) is 6.92 Å². The number of hydrogen-bond donors (Lipinski definition) is 1. The molecule has 0 saturated heterocycles. The van der Waals surface area contributed by atoms with E-state index in [2.05, 4.69) is 10.3 Å². The van der Waals surface area contributed by atoms with Crippen LogP contribution in [0.4, 0.5) is 4.39 Å². The molecular weight excluding hydrogens is 266 g/mol. The first-order chi connectivity index (χ1) is 8.06. The summed E-state index contributed by atoms with van der Waals surface area (Å²) < 4.78 is 12.9. The molecule has 0 fully saturated rings. The highest BCUT2D eigenvalue weighted by Crippen LogP contribution is 2.16. The lowest BCUT2D eigenvalue weighted by Gasteiger charge is -2.29. The third-order valence-electron chi connectivity index (χ3n) is 2.53. The summed E-state index contributed by atoms with van der Waals surface area (Å²) in [4.78, 5) is 15.5. The van der Waals surface area contributed by atoms with E-state index < -0.39 is 17.3 Å². The van der Waals surface area contributed by atoms with Crippen molar-refractivity contribution in [1.29, 1.82) is 0 Å². The molecule has 17 heavy (non-hydrogen) atoms. The predicted octanol–water partition coefficient (Wildman–Crippen LogP) is 2.58. The molecule has 94 valence electrons. The first-order valence-electron chi connectivity index (χ1n) is 5.12. The molecule has 1 aromatic heterocycles. The Kier molecular flexibility index (Phi) is 5.15. The number of nitrogens with one attached hydrogen (secondary N) is 1. The monoisotopic (exact) mass is 278 g/mol. The Labute approximate surface area is 109 Å². The van der Waals surface area contributed by atoms with Crippen molar-refractivity contribution in [3.05, 3.63) is 29.8 Å². The average molecular weight is 279 g/mol. The molecule has 1 rings (SSSR count). The van der Waals surface area contributed by atoms with Crippen LogP contribution in [0.25, 0.3) is 0 Å². The van der Waals surface area contributed by atoms with Gasteiger partial charge in [-0.15, -0.1) is 23.2 Å².